The van der Waals surface area contributed by atoms with Crippen molar-refractivity contribution in [2.24, 2.45) is 22.7 Å². The molecule has 0 saturated heterocycles. The number of esters is 2. The van der Waals surface area contributed by atoms with Gasteiger partial charge < -0.3 is 18.9 Å². The first-order chi connectivity index (χ1) is 16.1. The van der Waals surface area contributed by atoms with Crippen molar-refractivity contribution in [1.29, 1.82) is 0 Å². The van der Waals surface area contributed by atoms with Gasteiger partial charge in [-0.15, -0.1) is 0 Å². The smallest absolute Gasteiger partial charge is 0.338 e. The van der Waals surface area contributed by atoms with E-state index in [0.29, 0.717) is 28.5 Å². The molecule has 2 aromatic carbocycles. The van der Waals surface area contributed by atoms with Crippen molar-refractivity contribution in [3.63, 3.8) is 0 Å². The van der Waals surface area contributed by atoms with Crippen LogP contribution in [0.5, 0.6) is 11.5 Å². The van der Waals surface area contributed by atoms with Gasteiger partial charge in [-0.2, -0.15) is 0 Å². The number of fused-ring (bicyclic) bond motifs is 3. The van der Waals surface area contributed by atoms with Crippen molar-refractivity contribution in [3.05, 3.63) is 59.7 Å². The fraction of sp³-hybridized carbons (Fsp3) is 0.500. The fourth-order valence-corrected chi connectivity index (χ4v) is 6.61. The molecule has 0 heterocycles. The topological polar surface area (TPSA) is 71.1 Å². The second-order valence-corrected chi connectivity index (χ2v) is 10.7. The van der Waals surface area contributed by atoms with Crippen LogP contribution in [0, 0.1) is 22.7 Å². The Balaban J connectivity index is 1.63. The van der Waals surface area contributed by atoms with E-state index >= 15 is 0 Å². The molecule has 0 amide bonds. The normalized spacial score (nSPS) is 29.2. The maximum atomic E-state index is 13.2. The summed E-state index contributed by atoms with van der Waals surface area (Å²) in [4.78, 5) is 26.3. The molecule has 0 N–H and O–H groups in total. The van der Waals surface area contributed by atoms with Gasteiger partial charge in [-0.3, -0.25) is 0 Å². The second kappa shape index (κ2) is 8.97. The van der Waals surface area contributed by atoms with Crippen molar-refractivity contribution in [3.8, 4) is 11.5 Å². The Bertz CT molecular complexity index is 1040. The molecule has 3 aliphatic rings. The Morgan fingerprint density at radius 1 is 0.794 bits per heavy atom. The molecule has 6 nitrogen and oxygen atoms in total. The zero-order chi connectivity index (χ0) is 24.7. The highest BCUT2D eigenvalue weighted by Crippen LogP contribution is 2.62. The highest BCUT2D eigenvalue weighted by Gasteiger charge is 2.63. The summed E-state index contributed by atoms with van der Waals surface area (Å²) in [5.74, 6) is 0.905. The Labute approximate surface area is 201 Å². The Kier molecular flexibility index (Phi) is 6.36. The predicted molar refractivity (Wildman–Crippen MR) is 128 cm³/mol. The lowest BCUT2D eigenvalue weighted by Crippen LogP contribution is -2.65. The molecule has 2 aromatic rings. The van der Waals surface area contributed by atoms with Crippen molar-refractivity contribution < 1.29 is 28.5 Å². The summed E-state index contributed by atoms with van der Waals surface area (Å²) in [7, 11) is 3.16. The minimum absolute atomic E-state index is 0.0553. The third kappa shape index (κ3) is 4.38. The Hall–Kier alpha value is -3.02. The number of hydrogen-bond donors (Lipinski definition) is 0. The van der Waals surface area contributed by atoms with Crippen molar-refractivity contribution in [2.45, 2.75) is 52.7 Å². The average Bonchev–Trinajstić information content (AvgIpc) is 2.79. The Morgan fingerprint density at radius 3 is 1.71 bits per heavy atom. The number of carbonyl (C=O) groups is 2. The molecule has 3 fully saturated rings. The molecule has 5 unspecified atom stereocenters. The number of benzene rings is 2. The first kappa shape index (κ1) is 24.1. The number of hydrogen-bond acceptors (Lipinski definition) is 6. The molecular weight excluding hydrogens is 432 g/mol. The summed E-state index contributed by atoms with van der Waals surface area (Å²) >= 11 is 0. The third-order valence-electron chi connectivity index (χ3n) is 7.63. The van der Waals surface area contributed by atoms with Crippen LogP contribution < -0.4 is 9.47 Å². The Morgan fingerprint density at radius 2 is 1.26 bits per heavy atom. The zero-order valence-corrected chi connectivity index (χ0v) is 20.8. The molecule has 182 valence electrons. The van der Waals surface area contributed by atoms with Crippen LogP contribution in [0.4, 0.5) is 0 Å². The van der Waals surface area contributed by atoms with Crippen LogP contribution in [0.15, 0.2) is 48.5 Å². The maximum absolute atomic E-state index is 13.2. The van der Waals surface area contributed by atoms with E-state index in [1.807, 2.05) is 0 Å². The van der Waals surface area contributed by atoms with Gasteiger partial charge in [0.15, 0.2) is 0 Å². The van der Waals surface area contributed by atoms with E-state index in [1.165, 1.54) is 0 Å². The van der Waals surface area contributed by atoms with E-state index in [-0.39, 0.29) is 16.7 Å². The number of ether oxygens (including phenoxy) is 4. The molecule has 34 heavy (non-hydrogen) atoms. The first-order valence-corrected chi connectivity index (χ1v) is 11.8. The lowest BCUT2D eigenvalue weighted by Gasteiger charge is -2.62. The minimum Gasteiger partial charge on any atom is -0.497 e. The molecule has 5 atom stereocenters. The summed E-state index contributed by atoms with van der Waals surface area (Å²) in [6, 6.07) is 13.7. The molecule has 0 spiro atoms. The van der Waals surface area contributed by atoms with Gasteiger partial charge in [-0.05, 0) is 72.7 Å². The van der Waals surface area contributed by atoms with E-state index in [9.17, 15) is 9.59 Å². The summed E-state index contributed by atoms with van der Waals surface area (Å²) in [5, 5.41) is 0. The number of carbonyl (C=O) groups excluding carboxylic acids is 2. The maximum Gasteiger partial charge on any atom is 0.338 e. The monoisotopic (exact) mass is 466 g/mol. The van der Waals surface area contributed by atoms with Crippen LogP contribution in [0.25, 0.3) is 0 Å². The quantitative estimate of drug-likeness (QED) is 0.520. The lowest BCUT2D eigenvalue weighted by atomic mass is 9.46. The highest BCUT2D eigenvalue weighted by molar-refractivity contribution is 5.90. The van der Waals surface area contributed by atoms with Gasteiger partial charge in [0.2, 0.25) is 0 Å². The molecular formula is C28H34O6. The van der Waals surface area contributed by atoms with Crippen LogP contribution in [0.2, 0.25) is 0 Å². The molecule has 6 heteroatoms. The van der Waals surface area contributed by atoms with Crippen LogP contribution in [-0.2, 0) is 9.47 Å². The minimum atomic E-state index is -0.533. The molecule has 0 aliphatic heterocycles. The first-order valence-electron chi connectivity index (χ1n) is 11.8. The van der Waals surface area contributed by atoms with Gasteiger partial charge >= 0.3 is 11.9 Å². The van der Waals surface area contributed by atoms with E-state index in [4.69, 9.17) is 18.9 Å². The van der Waals surface area contributed by atoms with Gasteiger partial charge in [-0.25, -0.2) is 9.59 Å². The van der Waals surface area contributed by atoms with Gasteiger partial charge in [-0.1, -0.05) is 27.7 Å². The highest BCUT2D eigenvalue weighted by atomic mass is 16.6. The second-order valence-electron chi connectivity index (χ2n) is 10.7. The van der Waals surface area contributed by atoms with Gasteiger partial charge in [0.25, 0.3) is 0 Å². The summed E-state index contributed by atoms with van der Waals surface area (Å²) < 4.78 is 22.7. The number of rotatable bonds is 6. The van der Waals surface area contributed by atoms with Crippen LogP contribution in [0.3, 0.4) is 0 Å². The zero-order valence-electron chi connectivity index (χ0n) is 20.8. The SMILES string of the molecule is COc1ccc(C(=O)OC2C3C(C)CC(C)(CC3(C)C)C2OC(=O)c2ccc(OC)cc2)cc1. The largest absolute Gasteiger partial charge is 0.497 e. The predicted octanol–water partition coefficient (Wildman–Crippen LogP) is 5.55. The summed E-state index contributed by atoms with van der Waals surface area (Å²) in [6.45, 7) is 8.81. The lowest BCUT2D eigenvalue weighted by molar-refractivity contribution is -0.218. The van der Waals surface area contributed by atoms with Crippen LogP contribution in [0.1, 0.15) is 61.3 Å². The summed E-state index contributed by atoms with van der Waals surface area (Å²) in [6.07, 6.45) is 0.748. The van der Waals surface area contributed by atoms with E-state index < -0.39 is 24.1 Å². The molecule has 5 rings (SSSR count). The molecule has 3 saturated carbocycles. The molecule has 0 aromatic heterocycles. The van der Waals surface area contributed by atoms with Crippen molar-refractivity contribution >= 4 is 11.9 Å². The fourth-order valence-electron chi connectivity index (χ4n) is 6.61. The van der Waals surface area contributed by atoms with Crippen LogP contribution >= 0.6 is 0 Å². The van der Waals surface area contributed by atoms with Gasteiger partial charge in [0.05, 0.1) is 25.3 Å². The molecule has 2 bridgehead atoms. The van der Waals surface area contributed by atoms with Gasteiger partial charge in [0.1, 0.15) is 23.7 Å². The molecule has 3 aliphatic carbocycles. The van der Waals surface area contributed by atoms with Crippen molar-refractivity contribution in [2.75, 3.05) is 14.2 Å². The van der Waals surface area contributed by atoms with E-state index in [1.54, 1.807) is 62.8 Å². The van der Waals surface area contributed by atoms with E-state index in [0.717, 1.165) is 12.8 Å². The van der Waals surface area contributed by atoms with Gasteiger partial charge in [0, 0.05) is 11.3 Å². The van der Waals surface area contributed by atoms with Crippen molar-refractivity contribution in [1.82, 2.24) is 0 Å². The average molecular weight is 467 g/mol. The third-order valence-corrected chi connectivity index (χ3v) is 7.63. The number of methoxy groups -OCH3 is 2. The van der Waals surface area contributed by atoms with E-state index in [2.05, 4.69) is 27.7 Å². The van der Waals surface area contributed by atoms with Crippen LogP contribution in [-0.4, -0.2) is 38.4 Å². The standard InChI is InChI=1S/C28H34O6/c1-17-15-28(4)16-27(2,3)22(17)23(33-25(29)18-7-11-20(31-5)12-8-18)24(28)34-26(30)19-9-13-21(32-6)14-10-19/h7-14,17,22-24H,15-16H2,1-6H3. The molecule has 0 radical (unpaired) electrons. The summed E-state index contributed by atoms with van der Waals surface area (Å²) in [5.41, 5.74) is 0.529.